The number of amides is 3. The highest BCUT2D eigenvalue weighted by atomic mass is 16.2. The molecular weight excluding hydrogens is 256 g/mol. The van der Waals surface area contributed by atoms with E-state index in [4.69, 9.17) is 0 Å². The molecule has 0 aromatic carbocycles. The first kappa shape index (κ1) is 16.9. The normalized spacial score (nSPS) is 16.1. The van der Waals surface area contributed by atoms with Gasteiger partial charge in [-0.15, -0.1) is 0 Å². The number of likely N-dealkylation sites (N-methyl/N-ethyl adjacent to an activating group) is 1. The summed E-state index contributed by atoms with van der Waals surface area (Å²) in [5, 5.41) is 8.36. The van der Waals surface area contributed by atoms with E-state index in [2.05, 4.69) is 22.9 Å². The van der Waals surface area contributed by atoms with Crippen molar-refractivity contribution >= 4 is 11.9 Å². The molecule has 0 unspecified atom stereocenters. The molecule has 0 bridgehead atoms. The maximum absolute atomic E-state index is 11.7. The van der Waals surface area contributed by atoms with Crippen LogP contribution < -0.4 is 16.0 Å². The predicted molar refractivity (Wildman–Crippen MR) is 79.5 cm³/mol. The standard InChI is InChI=1S/C14H28N4O2/c1-3-4-7-16-14(20)17-13(19)11-18(2)10-12-5-8-15-9-6-12/h12,15H,3-11H2,1-2H3,(H2,16,17,19,20). The molecule has 0 atom stereocenters. The number of nitrogens with zero attached hydrogens (tertiary/aromatic N) is 1. The third-order valence-electron chi connectivity index (χ3n) is 3.51. The van der Waals surface area contributed by atoms with E-state index in [1.54, 1.807) is 0 Å². The summed E-state index contributed by atoms with van der Waals surface area (Å²) < 4.78 is 0. The third-order valence-corrected chi connectivity index (χ3v) is 3.51. The Balaban J connectivity index is 2.15. The molecule has 1 aliphatic heterocycles. The van der Waals surface area contributed by atoms with Gasteiger partial charge in [0.2, 0.25) is 5.91 Å². The molecule has 3 N–H and O–H groups in total. The van der Waals surface area contributed by atoms with Gasteiger partial charge in [-0.25, -0.2) is 4.79 Å². The number of hydrogen-bond acceptors (Lipinski definition) is 4. The highest BCUT2D eigenvalue weighted by Gasteiger charge is 2.17. The van der Waals surface area contributed by atoms with Crippen LogP contribution in [0.4, 0.5) is 4.79 Å². The summed E-state index contributed by atoms with van der Waals surface area (Å²) in [6, 6.07) is -0.390. The molecule has 0 spiro atoms. The van der Waals surface area contributed by atoms with Crippen LogP contribution in [0.3, 0.4) is 0 Å². The molecule has 6 heteroatoms. The lowest BCUT2D eigenvalue weighted by Crippen LogP contribution is -2.45. The van der Waals surface area contributed by atoms with Crippen molar-refractivity contribution in [1.29, 1.82) is 0 Å². The number of hydrogen-bond donors (Lipinski definition) is 3. The quantitative estimate of drug-likeness (QED) is 0.597. The lowest BCUT2D eigenvalue weighted by atomic mass is 9.98. The first-order valence-corrected chi connectivity index (χ1v) is 7.58. The monoisotopic (exact) mass is 284 g/mol. The molecule has 116 valence electrons. The summed E-state index contributed by atoms with van der Waals surface area (Å²) in [5.74, 6) is 0.405. The summed E-state index contributed by atoms with van der Waals surface area (Å²) in [4.78, 5) is 25.1. The summed E-state index contributed by atoms with van der Waals surface area (Å²) in [6.45, 7) is 5.97. The van der Waals surface area contributed by atoms with Crippen LogP contribution in [-0.2, 0) is 4.79 Å². The van der Waals surface area contributed by atoms with Gasteiger partial charge < -0.3 is 10.6 Å². The Morgan fingerprint density at radius 3 is 2.65 bits per heavy atom. The zero-order valence-corrected chi connectivity index (χ0v) is 12.7. The smallest absolute Gasteiger partial charge is 0.321 e. The van der Waals surface area contributed by atoms with Gasteiger partial charge in [0.25, 0.3) is 0 Å². The van der Waals surface area contributed by atoms with Gasteiger partial charge >= 0.3 is 6.03 Å². The van der Waals surface area contributed by atoms with E-state index in [1.807, 2.05) is 11.9 Å². The zero-order chi connectivity index (χ0) is 14.8. The molecule has 1 rings (SSSR count). The molecule has 0 aromatic heterocycles. The average Bonchev–Trinajstić information content (AvgIpc) is 2.39. The van der Waals surface area contributed by atoms with Crippen molar-refractivity contribution < 1.29 is 9.59 Å². The van der Waals surface area contributed by atoms with Crippen molar-refractivity contribution in [2.75, 3.05) is 39.8 Å². The summed E-state index contributed by atoms with van der Waals surface area (Å²) in [5.41, 5.74) is 0. The number of nitrogens with one attached hydrogen (secondary N) is 3. The molecule has 0 saturated carbocycles. The maximum atomic E-state index is 11.7. The first-order chi connectivity index (χ1) is 9.61. The molecule has 0 aliphatic carbocycles. The fourth-order valence-corrected chi connectivity index (χ4v) is 2.40. The highest BCUT2D eigenvalue weighted by Crippen LogP contribution is 2.12. The highest BCUT2D eigenvalue weighted by molar-refractivity contribution is 5.95. The van der Waals surface area contributed by atoms with Gasteiger partial charge in [-0.2, -0.15) is 0 Å². The van der Waals surface area contributed by atoms with Crippen LogP contribution in [-0.4, -0.2) is 56.6 Å². The number of carbonyl (C=O) groups is 2. The van der Waals surface area contributed by atoms with Crippen LogP contribution in [0.5, 0.6) is 0 Å². The van der Waals surface area contributed by atoms with E-state index < -0.39 is 6.03 Å². The third kappa shape index (κ3) is 7.45. The molecule has 1 saturated heterocycles. The second-order valence-corrected chi connectivity index (χ2v) is 5.55. The topological polar surface area (TPSA) is 73.5 Å². The fraction of sp³-hybridized carbons (Fsp3) is 0.857. The molecular formula is C14H28N4O2. The second-order valence-electron chi connectivity index (χ2n) is 5.55. The zero-order valence-electron chi connectivity index (χ0n) is 12.7. The van der Waals surface area contributed by atoms with Crippen LogP contribution in [0.2, 0.25) is 0 Å². The molecule has 3 amide bonds. The van der Waals surface area contributed by atoms with E-state index >= 15 is 0 Å². The van der Waals surface area contributed by atoms with Gasteiger partial charge in [-0.3, -0.25) is 15.0 Å². The molecule has 1 heterocycles. The molecule has 6 nitrogen and oxygen atoms in total. The Morgan fingerprint density at radius 2 is 2.00 bits per heavy atom. The van der Waals surface area contributed by atoms with E-state index in [9.17, 15) is 9.59 Å². The van der Waals surface area contributed by atoms with Gasteiger partial charge in [0.1, 0.15) is 0 Å². The van der Waals surface area contributed by atoms with Crippen molar-refractivity contribution in [2.45, 2.75) is 32.6 Å². The number of carbonyl (C=O) groups excluding carboxylic acids is 2. The number of piperidine rings is 1. The second kappa shape index (κ2) is 9.72. The van der Waals surface area contributed by atoms with Gasteiger partial charge in [-0.05, 0) is 45.3 Å². The molecule has 20 heavy (non-hydrogen) atoms. The SMILES string of the molecule is CCCCNC(=O)NC(=O)CN(C)CC1CCNCC1. The number of unbranched alkanes of at least 4 members (excludes halogenated alkanes) is 1. The summed E-state index contributed by atoms with van der Waals surface area (Å²) in [6.07, 6.45) is 4.26. The fourth-order valence-electron chi connectivity index (χ4n) is 2.40. The lowest BCUT2D eigenvalue weighted by molar-refractivity contribution is -0.121. The van der Waals surface area contributed by atoms with Crippen molar-refractivity contribution in [3.05, 3.63) is 0 Å². The Labute approximate surface area is 121 Å². The van der Waals surface area contributed by atoms with Crippen molar-refractivity contribution in [3.8, 4) is 0 Å². The number of urea groups is 1. The Kier molecular flexibility index (Phi) is 8.22. The van der Waals surface area contributed by atoms with Crippen molar-refractivity contribution in [1.82, 2.24) is 20.9 Å². The van der Waals surface area contributed by atoms with Crippen molar-refractivity contribution in [3.63, 3.8) is 0 Å². The van der Waals surface area contributed by atoms with Crippen LogP contribution in [0.15, 0.2) is 0 Å². The molecule has 0 radical (unpaired) electrons. The Morgan fingerprint density at radius 1 is 1.30 bits per heavy atom. The number of rotatable bonds is 7. The minimum absolute atomic E-state index is 0.240. The van der Waals surface area contributed by atoms with Crippen LogP contribution in [0.25, 0.3) is 0 Å². The molecule has 1 fully saturated rings. The first-order valence-electron chi connectivity index (χ1n) is 7.58. The van der Waals surface area contributed by atoms with E-state index in [0.717, 1.165) is 45.3 Å². The van der Waals surface area contributed by atoms with Crippen LogP contribution >= 0.6 is 0 Å². The summed E-state index contributed by atoms with van der Waals surface area (Å²) in [7, 11) is 1.93. The largest absolute Gasteiger partial charge is 0.338 e. The minimum atomic E-state index is -0.390. The van der Waals surface area contributed by atoms with Crippen LogP contribution in [0.1, 0.15) is 32.6 Å². The van der Waals surface area contributed by atoms with E-state index in [-0.39, 0.29) is 12.5 Å². The molecule has 1 aliphatic rings. The van der Waals surface area contributed by atoms with Gasteiger partial charge in [0, 0.05) is 13.1 Å². The van der Waals surface area contributed by atoms with Gasteiger partial charge in [0.05, 0.1) is 6.54 Å². The maximum Gasteiger partial charge on any atom is 0.321 e. The lowest BCUT2D eigenvalue weighted by Gasteiger charge is -2.27. The Bertz CT molecular complexity index is 304. The average molecular weight is 284 g/mol. The van der Waals surface area contributed by atoms with E-state index in [1.165, 1.54) is 0 Å². The van der Waals surface area contributed by atoms with Crippen molar-refractivity contribution in [2.24, 2.45) is 5.92 Å². The Hall–Kier alpha value is -1.14. The summed E-state index contributed by atoms with van der Waals surface area (Å²) >= 11 is 0. The van der Waals surface area contributed by atoms with Gasteiger partial charge in [-0.1, -0.05) is 13.3 Å². The number of imide groups is 1. The van der Waals surface area contributed by atoms with Crippen LogP contribution in [0, 0.1) is 5.92 Å². The molecule has 0 aromatic rings. The van der Waals surface area contributed by atoms with Gasteiger partial charge in [0.15, 0.2) is 0 Å². The minimum Gasteiger partial charge on any atom is -0.338 e. The predicted octanol–water partition coefficient (Wildman–Crippen LogP) is 0.544. The van der Waals surface area contributed by atoms with E-state index in [0.29, 0.717) is 12.5 Å².